The first-order valence-electron chi connectivity index (χ1n) is 9.85. The van der Waals surface area contributed by atoms with Crippen molar-refractivity contribution in [3.05, 3.63) is 71.8 Å². The number of carbonyl (C=O) groups excluding carboxylic acids is 1. The van der Waals surface area contributed by atoms with Crippen molar-refractivity contribution in [3.63, 3.8) is 0 Å². The Labute approximate surface area is 186 Å². The highest BCUT2D eigenvalue weighted by Gasteiger charge is 2.16. The summed E-state index contributed by atoms with van der Waals surface area (Å²) in [5.41, 5.74) is 2.86. The van der Waals surface area contributed by atoms with Crippen LogP contribution in [0.25, 0.3) is 11.4 Å². The van der Waals surface area contributed by atoms with Gasteiger partial charge in [0.15, 0.2) is 11.0 Å². The van der Waals surface area contributed by atoms with Crippen LogP contribution in [0.1, 0.15) is 31.7 Å². The number of nitrogens with one attached hydrogen (secondary N) is 1. The fourth-order valence-corrected chi connectivity index (χ4v) is 3.96. The van der Waals surface area contributed by atoms with Gasteiger partial charge in [-0.2, -0.15) is 0 Å². The molecule has 0 saturated carbocycles. The number of thioether (sulfide) groups is 1. The van der Waals surface area contributed by atoms with Crippen molar-refractivity contribution in [1.29, 1.82) is 0 Å². The Hall–Kier alpha value is -2.57. The maximum Gasteiger partial charge on any atom is 0.234 e. The van der Waals surface area contributed by atoms with Crippen molar-refractivity contribution in [2.75, 3.05) is 11.1 Å². The number of hydrogen-bond donors (Lipinski definition) is 1. The molecule has 3 rings (SSSR count). The van der Waals surface area contributed by atoms with Gasteiger partial charge in [0.25, 0.3) is 0 Å². The Balaban J connectivity index is 1.67. The molecule has 0 fully saturated rings. The first-order chi connectivity index (χ1) is 14.5. The molecular weight excluding hydrogens is 416 g/mol. The molecule has 1 heterocycles. The zero-order chi connectivity index (χ0) is 21.5. The van der Waals surface area contributed by atoms with E-state index in [0.717, 1.165) is 17.7 Å². The Morgan fingerprint density at radius 1 is 1.23 bits per heavy atom. The molecule has 0 radical (unpaired) electrons. The molecule has 0 unspecified atom stereocenters. The second kappa shape index (κ2) is 10.5. The van der Waals surface area contributed by atoms with E-state index in [4.69, 9.17) is 11.6 Å². The highest BCUT2D eigenvalue weighted by atomic mass is 35.5. The Morgan fingerprint density at radius 2 is 1.97 bits per heavy atom. The van der Waals surface area contributed by atoms with E-state index in [2.05, 4.69) is 48.1 Å². The standard InChI is InChI=1S/C23H25ClN4OS/c1-4-14-28-22(19-8-6-7-9-20(19)24)26-27-23(28)30-15-21(29)25-18-12-10-17(11-13-18)16(3)5-2/h4,6-13,16H,1,5,14-15H2,2-3H3,(H,25,29)/t16-/m1/s1. The Kier molecular flexibility index (Phi) is 7.71. The molecule has 5 nitrogen and oxygen atoms in total. The molecule has 2 aromatic carbocycles. The second-order valence-electron chi connectivity index (χ2n) is 6.95. The fourth-order valence-electron chi connectivity index (χ4n) is 2.99. The van der Waals surface area contributed by atoms with Crippen LogP contribution < -0.4 is 5.32 Å². The number of nitrogens with zero attached hydrogens (tertiary/aromatic N) is 3. The van der Waals surface area contributed by atoms with Gasteiger partial charge in [-0.1, -0.05) is 67.6 Å². The average molecular weight is 441 g/mol. The molecule has 156 valence electrons. The summed E-state index contributed by atoms with van der Waals surface area (Å²) >= 11 is 7.65. The molecule has 0 aliphatic rings. The minimum absolute atomic E-state index is 0.0938. The summed E-state index contributed by atoms with van der Waals surface area (Å²) in [4.78, 5) is 12.4. The molecule has 0 spiro atoms. The van der Waals surface area contributed by atoms with Gasteiger partial charge in [0.1, 0.15) is 0 Å². The quantitative estimate of drug-likeness (QED) is 0.326. The molecule has 0 saturated heterocycles. The predicted molar refractivity (Wildman–Crippen MR) is 125 cm³/mol. The number of hydrogen-bond acceptors (Lipinski definition) is 4. The van der Waals surface area contributed by atoms with E-state index in [1.807, 2.05) is 41.0 Å². The van der Waals surface area contributed by atoms with Crippen LogP contribution in [0.15, 0.2) is 66.3 Å². The third-order valence-corrected chi connectivity index (χ3v) is 6.15. The monoisotopic (exact) mass is 440 g/mol. The van der Waals surface area contributed by atoms with Crippen molar-refractivity contribution in [2.24, 2.45) is 0 Å². The third kappa shape index (κ3) is 5.32. The lowest BCUT2D eigenvalue weighted by Gasteiger charge is -2.11. The lowest BCUT2D eigenvalue weighted by molar-refractivity contribution is -0.113. The molecule has 0 aliphatic carbocycles. The number of allylic oxidation sites excluding steroid dienone is 1. The number of halogens is 1. The maximum absolute atomic E-state index is 12.4. The highest BCUT2D eigenvalue weighted by Crippen LogP contribution is 2.29. The molecule has 30 heavy (non-hydrogen) atoms. The normalized spacial score (nSPS) is 11.8. The van der Waals surface area contributed by atoms with Crippen molar-refractivity contribution >= 4 is 35.0 Å². The van der Waals surface area contributed by atoms with E-state index >= 15 is 0 Å². The van der Waals surface area contributed by atoms with Gasteiger partial charge < -0.3 is 5.32 Å². The van der Waals surface area contributed by atoms with Crippen LogP contribution in [0.3, 0.4) is 0 Å². The number of amides is 1. The van der Waals surface area contributed by atoms with Crippen LogP contribution in [0, 0.1) is 0 Å². The van der Waals surface area contributed by atoms with Crippen LogP contribution in [-0.2, 0) is 11.3 Å². The van der Waals surface area contributed by atoms with Crippen LogP contribution in [0.5, 0.6) is 0 Å². The zero-order valence-corrected chi connectivity index (χ0v) is 18.7. The van der Waals surface area contributed by atoms with Gasteiger partial charge >= 0.3 is 0 Å². The SMILES string of the molecule is C=CCn1c(SCC(=O)Nc2ccc([C@H](C)CC)cc2)nnc1-c1ccccc1Cl. The van der Waals surface area contributed by atoms with E-state index in [1.165, 1.54) is 17.3 Å². The summed E-state index contributed by atoms with van der Waals surface area (Å²) in [6, 6.07) is 15.5. The minimum Gasteiger partial charge on any atom is -0.325 e. The first kappa shape index (κ1) is 22.1. The van der Waals surface area contributed by atoms with E-state index in [1.54, 1.807) is 6.08 Å². The zero-order valence-electron chi connectivity index (χ0n) is 17.1. The summed E-state index contributed by atoms with van der Waals surface area (Å²) in [5, 5.41) is 12.7. The van der Waals surface area contributed by atoms with E-state index < -0.39 is 0 Å². The maximum atomic E-state index is 12.4. The number of anilines is 1. The molecule has 1 aromatic heterocycles. The molecule has 3 aromatic rings. The van der Waals surface area contributed by atoms with E-state index in [0.29, 0.717) is 28.5 Å². The fraction of sp³-hybridized carbons (Fsp3) is 0.261. The summed E-state index contributed by atoms with van der Waals surface area (Å²) in [6.45, 7) is 8.70. The molecule has 0 aliphatic heterocycles. The number of benzene rings is 2. The van der Waals surface area contributed by atoms with Crippen LogP contribution >= 0.6 is 23.4 Å². The van der Waals surface area contributed by atoms with E-state index in [-0.39, 0.29) is 11.7 Å². The molecule has 0 bridgehead atoms. The van der Waals surface area contributed by atoms with Crippen molar-refractivity contribution in [3.8, 4) is 11.4 Å². The lowest BCUT2D eigenvalue weighted by Crippen LogP contribution is -2.14. The Morgan fingerprint density at radius 3 is 2.63 bits per heavy atom. The Bertz CT molecular complexity index is 1020. The first-order valence-corrected chi connectivity index (χ1v) is 11.2. The second-order valence-corrected chi connectivity index (χ2v) is 8.30. The van der Waals surface area contributed by atoms with E-state index in [9.17, 15) is 4.79 Å². The van der Waals surface area contributed by atoms with Gasteiger partial charge in [-0.3, -0.25) is 9.36 Å². The highest BCUT2D eigenvalue weighted by molar-refractivity contribution is 7.99. The van der Waals surface area contributed by atoms with Crippen molar-refractivity contribution in [2.45, 2.75) is 37.9 Å². The molecule has 1 N–H and O–H groups in total. The summed E-state index contributed by atoms with van der Waals surface area (Å²) < 4.78 is 1.91. The molecular formula is C23H25ClN4OS. The van der Waals surface area contributed by atoms with Gasteiger partial charge in [-0.25, -0.2) is 0 Å². The minimum atomic E-state index is -0.0938. The largest absolute Gasteiger partial charge is 0.325 e. The van der Waals surface area contributed by atoms with Crippen LogP contribution in [0.2, 0.25) is 5.02 Å². The van der Waals surface area contributed by atoms with Crippen LogP contribution in [0.4, 0.5) is 5.69 Å². The van der Waals surface area contributed by atoms with Gasteiger partial charge in [-0.05, 0) is 42.2 Å². The number of aromatic nitrogens is 3. The van der Waals surface area contributed by atoms with Gasteiger partial charge in [0.05, 0.1) is 10.8 Å². The van der Waals surface area contributed by atoms with Crippen molar-refractivity contribution in [1.82, 2.24) is 14.8 Å². The average Bonchev–Trinajstić information content (AvgIpc) is 3.15. The van der Waals surface area contributed by atoms with Crippen molar-refractivity contribution < 1.29 is 4.79 Å². The van der Waals surface area contributed by atoms with Gasteiger partial charge in [0, 0.05) is 17.8 Å². The topological polar surface area (TPSA) is 59.8 Å². The number of carbonyl (C=O) groups is 1. The van der Waals surface area contributed by atoms with Crippen LogP contribution in [-0.4, -0.2) is 26.4 Å². The predicted octanol–water partition coefficient (Wildman–Crippen LogP) is 6.03. The molecule has 1 atom stereocenters. The summed E-state index contributed by atoms with van der Waals surface area (Å²) in [5.74, 6) is 1.30. The summed E-state index contributed by atoms with van der Waals surface area (Å²) in [7, 11) is 0. The summed E-state index contributed by atoms with van der Waals surface area (Å²) in [6.07, 6.45) is 2.86. The third-order valence-electron chi connectivity index (χ3n) is 4.85. The van der Waals surface area contributed by atoms with Gasteiger partial charge in [-0.15, -0.1) is 16.8 Å². The molecule has 7 heteroatoms. The number of rotatable bonds is 9. The molecule has 1 amide bonds. The lowest BCUT2D eigenvalue weighted by atomic mass is 9.99. The smallest absolute Gasteiger partial charge is 0.234 e. The van der Waals surface area contributed by atoms with Gasteiger partial charge in [0.2, 0.25) is 5.91 Å².